The number of aromatic nitrogens is 2. The molecule has 0 saturated carbocycles. The molecular formula is C18H23N5O5. The van der Waals surface area contributed by atoms with Crippen molar-refractivity contribution in [2.24, 2.45) is 5.73 Å². The van der Waals surface area contributed by atoms with Crippen LogP contribution in [0.25, 0.3) is 0 Å². The molecule has 0 aliphatic carbocycles. The summed E-state index contributed by atoms with van der Waals surface area (Å²) in [6, 6.07) is 5.70. The molecule has 2 aromatic rings. The second-order valence-corrected chi connectivity index (χ2v) is 6.22. The van der Waals surface area contributed by atoms with Gasteiger partial charge >= 0.3 is 5.97 Å². The first-order valence-electron chi connectivity index (χ1n) is 8.62. The zero-order valence-corrected chi connectivity index (χ0v) is 15.0. The predicted molar refractivity (Wildman–Crippen MR) is 99.0 cm³/mol. The summed E-state index contributed by atoms with van der Waals surface area (Å²) in [5.41, 5.74) is 7.38. The number of H-pyrrole nitrogens is 1. The van der Waals surface area contributed by atoms with Gasteiger partial charge < -0.3 is 31.6 Å². The van der Waals surface area contributed by atoms with Gasteiger partial charge in [-0.05, 0) is 12.0 Å². The van der Waals surface area contributed by atoms with Crippen molar-refractivity contribution in [1.29, 1.82) is 0 Å². The number of imidazole rings is 1. The Morgan fingerprint density at radius 3 is 2.32 bits per heavy atom. The first-order chi connectivity index (χ1) is 13.4. The molecule has 0 aliphatic heterocycles. The number of aromatic amines is 1. The van der Waals surface area contributed by atoms with Crippen LogP contribution in [-0.2, 0) is 27.2 Å². The van der Waals surface area contributed by atoms with Crippen molar-refractivity contribution in [1.82, 2.24) is 20.6 Å². The number of carbonyl (C=O) groups is 3. The number of aliphatic hydroxyl groups is 1. The normalized spacial score (nSPS) is 13.9. The number of carboxylic acids is 1. The van der Waals surface area contributed by atoms with Crippen molar-refractivity contribution in [3.05, 3.63) is 54.1 Å². The summed E-state index contributed by atoms with van der Waals surface area (Å²) in [5.74, 6) is -2.70. The van der Waals surface area contributed by atoms with Gasteiger partial charge in [-0.2, -0.15) is 0 Å². The zero-order valence-electron chi connectivity index (χ0n) is 15.0. The summed E-state index contributed by atoms with van der Waals surface area (Å²) >= 11 is 0. The largest absolute Gasteiger partial charge is 0.480 e. The molecule has 28 heavy (non-hydrogen) atoms. The molecule has 1 heterocycles. The number of carbonyl (C=O) groups excluding carboxylic acids is 2. The van der Waals surface area contributed by atoms with Gasteiger partial charge in [-0.1, -0.05) is 30.3 Å². The predicted octanol–water partition coefficient (Wildman–Crippen LogP) is -1.43. The number of amides is 2. The molecule has 1 aromatic carbocycles. The molecule has 0 bridgehead atoms. The highest BCUT2D eigenvalue weighted by Crippen LogP contribution is 2.04. The summed E-state index contributed by atoms with van der Waals surface area (Å²) in [6.45, 7) is -0.778. The number of hydrogen-bond acceptors (Lipinski definition) is 6. The van der Waals surface area contributed by atoms with E-state index in [9.17, 15) is 14.4 Å². The van der Waals surface area contributed by atoms with Gasteiger partial charge in [0.25, 0.3) is 0 Å². The fourth-order valence-electron chi connectivity index (χ4n) is 2.52. The van der Waals surface area contributed by atoms with E-state index in [1.54, 1.807) is 0 Å². The topological polar surface area (TPSA) is 170 Å². The highest BCUT2D eigenvalue weighted by molar-refractivity contribution is 5.92. The van der Waals surface area contributed by atoms with Crippen LogP contribution in [-0.4, -0.2) is 62.7 Å². The Hall–Kier alpha value is -3.24. The number of aliphatic hydroxyl groups excluding tert-OH is 1. The van der Waals surface area contributed by atoms with Gasteiger partial charge in [-0.15, -0.1) is 0 Å². The number of nitrogens with two attached hydrogens (primary N) is 1. The van der Waals surface area contributed by atoms with E-state index in [1.807, 2.05) is 30.3 Å². The molecule has 0 fully saturated rings. The standard InChI is InChI=1S/C18H23N5O5/c19-13(6-11-4-2-1-3-5-11)16(25)22-14(7-12-8-20-10-21-12)17(26)23-15(9-24)18(27)28/h1-5,8,10,13-15,24H,6-7,9,19H2,(H,20,21)(H,22,25)(H,23,26)(H,27,28)/t13-,14-,15-/m0/s1. The molecule has 0 aliphatic rings. The van der Waals surface area contributed by atoms with Crippen molar-refractivity contribution in [3.63, 3.8) is 0 Å². The summed E-state index contributed by atoms with van der Waals surface area (Å²) in [7, 11) is 0. The lowest BCUT2D eigenvalue weighted by Gasteiger charge is -2.22. The monoisotopic (exact) mass is 389 g/mol. The molecule has 10 nitrogen and oxygen atoms in total. The summed E-state index contributed by atoms with van der Waals surface area (Å²) in [6.07, 6.45) is 3.23. The van der Waals surface area contributed by atoms with Crippen molar-refractivity contribution in [2.45, 2.75) is 31.0 Å². The van der Waals surface area contributed by atoms with Crippen LogP contribution in [0.1, 0.15) is 11.3 Å². The van der Waals surface area contributed by atoms with Crippen LogP contribution >= 0.6 is 0 Å². The maximum atomic E-state index is 12.5. The van der Waals surface area contributed by atoms with Crippen LogP contribution < -0.4 is 16.4 Å². The average molecular weight is 389 g/mol. The van der Waals surface area contributed by atoms with Crippen LogP contribution in [0.5, 0.6) is 0 Å². The van der Waals surface area contributed by atoms with Gasteiger partial charge in [0.1, 0.15) is 12.1 Å². The molecule has 2 amide bonds. The SMILES string of the molecule is N[C@@H](Cc1ccccc1)C(=O)N[C@@H](Cc1cnc[nH]1)C(=O)N[C@@H](CO)C(=O)O. The fraction of sp³-hybridized carbons (Fsp3) is 0.333. The van der Waals surface area contributed by atoms with Gasteiger partial charge in [-0.3, -0.25) is 9.59 Å². The van der Waals surface area contributed by atoms with Crippen molar-refractivity contribution >= 4 is 17.8 Å². The maximum absolute atomic E-state index is 12.5. The van der Waals surface area contributed by atoms with E-state index >= 15 is 0 Å². The number of aliphatic carboxylic acids is 1. The maximum Gasteiger partial charge on any atom is 0.328 e. The third-order valence-electron chi connectivity index (χ3n) is 4.04. The molecule has 0 spiro atoms. The summed E-state index contributed by atoms with van der Waals surface area (Å²) < 4.78 is 0. The van der Waals surface area contributed by atoms with E-state index in [-0.39, 0.29) is 12.8 Å². The van der Waals surface area contributed by atoms with E-state index in [0.717, 1.165) is 5.56 Å². The number of carboxylic acid groups (broad SMARTS) is 1. The molecular weight excluding hydrogens is 366 g/mol. The zero-order chi connectivity index (χ0) is 20.5. The first kappa shape index (κ1) is 21.1. The second kappa shape index (κ2) is 10.2. The van der Waals surface area contributed by atoms with Crippen molar-refractivity contribution < 1.29 is 24.6 Å². The van der Waals surface area contributed by atoms with Crippen LogP contribution in [0.15, 0.2) is 42.9 Å². The first-order valence-corrected chi connectivity index (χ1v) is 8.62. The summed E-state index contributed by atoms with van der Waals surface area (Å²) in [4.78, 5) is 42.7. The Labute approximate surface area is 161 Å². The van der Waals surface area contributed by atoms with Gasteiger partial charge in [0.2, 0.25) is 11.8 Å². The fourth-order valence-corrected chi connectivity index (χ4v) is 2.52. The number of nitrogens with one attached hydrogen (secondary N) is 3. The highest BCUT2D eigenvalue weighted by atomic mass is 16.4. The number of rotatable bonds is 10. The summed E-state index contributed by atoms with van der Waals surface area (Å²) in [5, 5.41) is 22.8. The number of benzene rings is 1. The highest BCUT2D eigenvalue weighted by Gasteiger charge is 2.28. The van der Waals surface area contributed by atoms with Crippen molar-refractivity contribution in [3.8, 4) is 0 Å². The minimum Gasteiger partial charge on any atom is -0.480 e. The Morgan fingerprint density at radius 1 is 1.07 bits per heavy atom. The molecule has 2 rings (SSSR count). The third kappa shape index (κ3) is 6.18. The van der Waals surface area contributed by atoms with Crippen molar-refractivity contribution in [2.75, 3.05) is 6.61 Å². The van der Waals surface area contributed by atoms with Crippen LogP contribution in [0.3, 0.4) is 0 Å². The second-order valence-electron chi connectivity index (χ2n) is 6.22. The van der Waals surface area contributed by atoms with Gasteiger partial charge in [0.05, 0.1) is 19.0 Å². The molecule has 0 radical (unpaired) electrons. The molecule has 0 saturated heterocycles. The Morgan fingerprint density at radius 2 is 1.75 bits per heavy atom. The lowest BCUT2D eigenvalue weighted by molar-refractivity contribution is -0.143. The minimum absolute atomic E-state index is 0.0490. The van der Waals surface area contributed by atoms with Gasteiger partial charge in [0, 0.05) is 18.3 Å². The third-order valence-corrected chi connectivity index (χ3v) is 4.04. The van der Waals surface area contributed by atoms with E-state index < -0.39 is 42.5 Å². The lowest BCUT2D eigenvalue weighted by Crippen LogP contribution is -2.56. The smallest absolute Gasteiger partial charge is 0.328 e. The van der Waals surface area contributed by atoms with Crippen LogP contribution in [0.4, 0.5) is 0 Å². The molecule has 0 unspecified atom stereocenters. The molecule has 7 N–H and O–H groups in total. The van der Waals surface area contributed by atoms with E-state index in [0.29, 0.717) is 5.69 Å². The average Bonchev–Trinajstić information content (AvgIpc) is 3.18. The molecule has 150 valence electrons. The van der Waals surface area contributed by atoms with E-state index in [2.05, 4.69) is 20.6 Å². The number of nitrogens with zero attached hydrogens (tertiary/aromatic N) is 1. The van der Waals surface area contributed by atoms with E-state index in [1.165, 1.54) is 12.5 Å². The lowest BCUT2D eigenvalue weighted by atomic mass is 10.0. The molecule has 3 atom stereocenters. The van der Waals surface area contributed by atoms with E-state index in [4.69, 9.17) is 15.9 Å². The quantitative estimate of drug-likeness (QED) is 0.289. The Bertz CT molecular complexity index is 781. The minimum atomic E-state index is -1.48. The Balaban J connectivity index is 2.06. The van der Waals surface area contributed by atoms with Crippen LogP contribution in [0.2, 0.25) is 0 Å². The van der Waals surface area contributed by atoms with Gasteiger partial charge in [0.15, 0.2) is 0 Å². The van der Waals surface area contributed by atoms with Crippen LogP contribution in [0, 0.1) is 0 Å². The Kier molecular flexibility index (Phi) is 7.66. The number of hydrogen-bond donors (Lipinski definition) is 6. The molecule has 1 aromatic heterocycles. The molecule has 10 heteroatoms. The van der Waals surface area contributed by atoms with Gasteiger partial charge in [-0.25, -0.2) is 9.78 Å².